The van der Waals surface area contributed by atoms with E-state index >= 15 is 0 Å². The van der Waals surface area contributed by atoms with E-state index in [-0.39, 0.29) is 5.92 Å². The molecule has 9 heteroatoms. The van der Waals surface area contributed by atoms with Crippen LogP contribution in [0.25, 0.3) is 0 Å². The number of aryl methyl sites for hydroxylation is 2. The number of nitrogens with two attached hydrogens (primary N) is 1. The van der Waals surface area contributed by atoms with Gasteiger partial charge in [0.2, 0.25) is 0 Å². The van der Waals surface area contributed by atoms with Crippen LogP contribution in [-0.4, -0.2) is 21.1 Å². The summed E-state index contributed by atoms with van der Waals surface area (Å²) in [6.45, 7) is 7.42. The van der Waals surface area contributed by atoms with E-state index in [9.17, 15) is 9.90 Å². The first-order valence-corrected chi connectivity index (χ1v) is 10.9. The number of anilines is 1. The fourth-order valence-corrected chi connectivity index (χ4v) is 4.76. The van der Waals surface area contributed by atoms with Gasteiger partial charge in [-0.05, 0) is 50.7 Å². The van der Waals surface area contributed by atoms with Gasteiger partial charge in [0.25, 0.3) is 0 Å². The van der Waals surface area contributed by atoms with Crippen molar-refractivity contribution in [2.24, 2.45) is 9.50 Å². The highest BCUT2D eigenvalue weighted by Crippen LogP contribution is 2.30. The van der Waals surface area contributed by atoms with Gasteiger partial charge in [0.05, 0.1) is 17.6 Å². The van der Waals surface area contributed by atoms with Gasteiger partial charge in [-0.2, -0.15) is 4.36 Å². The summed E-state index contributed by atoms with van der Waals surface area (Å²) in [4.78, 5) is 21.4. The predicted molar refractivity (Wildman–Crippen MR) is 109 cm³/mol. The SMILES string of the molecule is CC(C)c1nc2c(cc1NC(=O)N=S(N)c1cnc(C(C)(C)O)s1)CCC2. The molecule has 2 amide bonds. The van der Waals surface area contributed by atoms with Gasteiger partial charge in [-0.3, -0.25) is 10.1 Å². The molecule has 0 saturated heterocycles. The number of hydrogen-bond acceptors (Lipinski definition) is 5. The zero-order chi connectivity index (χ0) is 19.8. The van der Waals surface area contributed by atoms with Gasteiger partial charge in [-0.15, -0.1) is 11.3 Å². The molecule has 3 rings (SSSR count). The number of urea groups is 1. The van der Waals surface area contributed by atoms with Gasteiger partial charge in [0.15, 0.2) is 0 Å². The lowest BCUT2D eigenvalue weighted by molar-refractivity contribution is 0.0783. The Morgan fingerprint density at radius 1 is 1.44 bits per heavy atom. The second-order valence-electron chi connectivity index (χ2n) is 7.41. The minimum atomic E-state index is -1.13. The highest BCUT2D eigenvalue weighted by Gasteiger charge is 2.22. The minimum absolute atomic E-state index is 0.193. The summed E-state index contributed by atoms with van der Waals surface area (Å²) in [6, 6.07) is 1.52. The summed E-state index contributed by atoms with van der Waals surface area (Å²) in [5.41, 5.74) is 2.86. The fraction of sp³-hybridized carbons (Fsp3) is 0.500. The van der Waals surface area contributed by atoms with E-state index in [0.29, 0.717) is 14.9 Å². The number of nitrogens with zero attached hydrogens (tertiary/aromatic N) is 3. The summed E-state index contributed by atoms with van der Waals surface area (Å²) in [7, 11) is -1.13. The number of rotatable bonds is 4. The summed E-state index contributed by atoms with van der Waals surface area (Å²) in [5, 5.41) is 19.5. The van der Waals surface area contributed by atoms with Crippen LogP contribution in [0.5, 0.6) is 0 Å². The van der Waals surface area contributed by atoms with Gasteiger partial charge in [-0.1, -0.05) is 13.8 Å². The number of amides is 2. The average molecular weight is 408 g/mol. The normalized spacial score (nSPS) is 15.2. The molecule has 1 aliphatic carbocycles. The molecule has 0 aliphatic heterocycles. The highest BCUT2D eigenvalue weighted by atomic mass is 32.2. The highest BCUT2D eigenvalue weighted by molar-refractivity contribution is 7.87. The Kier molecular flexibility index (Phi) is 5.76. The second-order valence-corrected chi connectivity index (χ2v) is 9.96. The van der Waals surface area contributed by atoms with Crippen LogP contribution >= 0.6 is 11.3 Å². The maximum Gasteiger partial charge on any atom is 0.352 e. The van der Waals surface area contributed by atoms with E-state index in [0.717, 1.165) is 30.7 Å². The number of nitrogens with one attached hydrogen (secondary N) is 1. The third-order valence-corrected chi connectivity index (χ3v) is 7.01. The van der Waals surface area contributed by atoms with Crippen LogP contribution in [0.3, 0.4) is 0 Å². The zero-order valence-corrected chi connectivity index (χ0v) is 17.6. The molecule has 0 aromatic carbocycles. The average Bonchev–Trinajstić information content (AvgIpc) is 3.22. The monoisotopic (exact) mass is 407 g/mol. The molecule has 2 heterocycles. The molecule has 27 heavy (non-hydrogen) atoms. The number of pyridine rings is 1. The van der Waals surface area contributed by atoms with E-state index in [4.69, 9.17) is 10.1 Å². The summed E-state index contributed by atoms with van der Waals surface area (Å²) in [6.07, 6.45) is 4.65. The Hall–Kier alpha value is -1.68. The maximum atomic E-state index is 12.4. The first kappa shape index (κ1) is 20.1. The number of carbonyl (C=O) groups is 1. The number of aliphatic hydroxyl groups is 1. The molecule has 1 unspecified atom stereocenters. The number of fused-ring (bicyclic) bond motifs is 1. The van der Waals surface area contributed by atoms with Crippen molar-refractivity contribution in [1.82, 2.24) is 9.97 Å². The molecule has 2 aromatic rings. The van der Waals surface area contributed by atoms with Crippen molar-refractivity contribution in [3.63, 3.8) is 0 Å². The lowest BCUT2D eigenvalue weighted by Crippen LogP contribution is -2.15. The van der Waals surface area contributed by atoms with E-state index < -0.39 is 22.5 Å². The van der Waals surface area contributed by atoms with Crippen LogP contribution in [0.15, 0.2) is 20.8 Å². The van der Waals surface area contributed by atoms with Crippen molar-refractivity contribution >= 4 is 33.9 Å². The van der Waals surface area contributed by atoms with Crippen molar-refractivity contribution in [3.8, 4) is 0 Å². The van der Waals surface area contributed by atoms with Gasteiger partial charge in [-0.25, -0.2) is 9.78 Å². The van der Waals surface area contributed by atoms with Crippen molar-refractivity contribution in [2.75, 3.05) is 5.32 Å². The van der Waals surface area contributed by atoms with Gasteiger partial charge < -0.3 is 10.4 Å². The standard InChI is InChI=1S/C18H25N5O2S2/c1-10(2)15-13(8-11-6-5-7-12(11)21-15)22-17(24)23-27(19)14-9-20-16(26-14)18(3,4)25/h8-10,25H,5-7H2,1-4H3,(H3,19,22,23,24). The first-order valence-electron chi connectivity index (χ1n) is 8.88. The topological polar surface area (TPSA) is 113 Å². The minimum Gasteiger partial charge on any atom is -0.383 e. The van der Waals surface area contributed by atoms with Gasteiger partial charge in [0, 0.05) is 16.6 Å². The molecule has 0 spiro atoms. The third-order valence-electron chi connectivity index (χ3n) is 4.26. The lowest BCUT2D eigenvalue weighted by atomic mass is 10.1. The molecule has 7 nitrogen and oxygen atoms in total. The fourth-order valence-electron chi connectivity index (χ4n) is 2.94. The maximum absolute atomic E-state index is 12.4. The van der Waals surface area contributed by atoms with Crippen molar-refractivity contribution in [2.45, 2.75) is 62.7 Å². The van der Waals surface area contributed by atoms with Crippen molar-refractivity contribution in [3.05, 3.63) is 34.2 Å². The molecule has 0 fully saturated rings. The molecule has 2 aromatic heterocycles. The van der Waals surface area contributed by atoms with Gasteiger partial charge >= 0.3 is 6.03 Å². The Labute approximate surface area is 165 Å². The quantitative estimate of drug-likeness (QED) is 0.716. The molecule has 0 bridgehead atoms. The van der Waals surface area contributed by atoms with Crippen LogP contribution in [-0.2, 0) is 29.3 Å². The Balaban J connectivity index is 1.81. The van der Waals surface area contributed by atoms with Crippen LogP contribution in [0, 0.1) is 0 Å². The Morgan fingerprint density at radius 3 is 2.81 bits per heavy atom. The largest absolute Gasteiger partial charge is 0.383 e. The lowest BCUT2D eigenvalue weighted by Gasteiger charge is -2.14. The van der Waals surface area contributed by atoms with Crippen LogP contribution < -0.4 is 10.5 Å². The van der Waals surface area contributed by atoms with Crippen molar-refractivity contribution < 1.29 is 9.90 Å². The number of thiazole rings is 1. The summed E-state index contributed by atoms with van der Waals surface area (Å²) in [5.74, 6) is 0.193. The number of hydrogen-bond donors (Lipinski definition) is 3. The van der Waals surface area contributed by atoms with E-state index in [1.54, 1.807) is 20.0 Å². The zero-order valence-electron chi connectivity index (χ0n) is 15.9. The van der Waals surface area contributed by atoms with Crippen LogP contribution in [0.2, 0.25) is 0 Å². The number of aromatic nitrogens is 2. The van der Waals surface area contributed by atoms with E-state index in [2.05, 4.69) is 28.5 Å². The third kappa shape index (κ3) is 4.60. The molecule has 4 N–H and O–H groups in total. The molecule has 0 radical (unpaired) electrons. The van der Waals surface area contributed by atoms with E-state index in [1.165, 1.54) is 16.9 Å². The number of carbonyl (C=O) groups excluding carboxylic acids is 1. The Bertz CT molecular complexity index is 900. The van der Waals surface area contributed by atoms with Crippen LogP contribution in [0.1, 0.15) is 62.0 Å². The molecular formula is C18H25N5O2S2. The van der Waals surface area contributed by atoms with Crippen LogP contribution in [0.4, 0.5) is 10.5 Å². The Morgan fingerprint density at radius 2 is 2.19 bits per heavy atom. The smallest absolute Gasteiger partial charge is 0.352 e. The summed E-state index contributed by atoms with van der Waals surface area (Å²) < 4.78 is 4.70. The second kappa shape index (κ2) is 7.75. The predicted octanol–water partition coefficient (Wildman–Crippen LogP) is 3.64. The molecule has 0 saturated carbocycles. The first-order chi connectivity index (χ1) is 12.6. The molecular weight excluding hydrogens is 382 g/mol. The molecule has 1 aliphatic rings. The summed E-state index contributed by atoms with van der Waals surface area (Å²) >= 11 is 1.26. The van der Waals surface area contributed by atoms with Crippen molar-refractivity contribution in [1.29, 1.82) is 0 Å². The molecule has 146 valence electrons. The van der Waals surface area contributed by atoms with E-state index in [1.807, 2.05) is 6.07 Å². The van der Waals surface area contributed by atoms with Gasteiger partial charge in [0.1, 0.15) is 14.8 Å². The molecule has 1 atom stereocenters.